The Morgan fingerprint density at radius 3 is 2.78 bits per heavy atom. The maximum Gasteiger partial charge on any atom is 0.328 e. The highest BCUT2D eigenvalue weighted by molar-refractivity contribution is 5.03. The van der Waals surface area contributed by atoms with Gasteiger partial charge < -0.3 is 14.9 Å². The van der Waals surface area contributed by atoms with Crippen LogP contribution in [0.5, 0.6) is 0 Å². The lowest BCUT2D eigenvalue weighted by molar-refractivity contribution is 0.0268. The molecule has 100 valence electrons. The summed E-state index contributed by atoms with van der Waals surface area (Å²) in [5.41, 5.74) is -0.538. The maximum absolute atomic E-state index is 11.7. The van der Waals surface area contributed by atoms with Gasteiger partial charge in [-0.05, 0) is 6.92 Å². The molecule has 7 heteroatoms. The summed E-state index contributed by atoms with van der Waals surface area (Å²) in [6, 6.07) is -0.379. The van der Waals surface area contributed by atoms with Crippen molar-refractivity contribution in [2.75, 3.05) is 19.8 Å². The molecule has 1 saturated heterocycles. The summed E-state index contributed by atoms with van der Waals surface area (Å²) in [4.78, 5) is 25.2. The highest BCUT2D eigenvalue weighted by Crippen LogP contribution is 2.29. The zero-order valence-electron chi connectivity index (χ0n) is 10.00. The summed E-state index contributed by atoms with van der Waals surface area (Å²) in [5, 5.41) is 18.5. The second kappa shape index (κ2) is 5.05. The molecule has 1 aromatic heterocycles. The minimum atomic E-state index is -0.531. The van der Waals surface area contributed by atoms with Gasteiger partial charge in [0, 0.05) is 17.7 Å². The fraction of sp³-hybridized carbons (Fsp3) is 0.636. The van der Waals surface area contributed by atoms with Crippen LogP contribution in [0.2, 0.25) is 0 Å². The number of hydrogen-bond acceptors (Lipinski definition) is 5. The summed E-state index contributed by atoms with van der Waals surface area (Å²) in [6.07, 6.45) is 0.969. The Kier molecular flexibility index (Phi) is 3.65. The first kappa shape index (κ1) is 13.0. The Hall–Kier alpha value is -1.44. The molecule has 1 aromatic rings. The maximum atomic E-state index is 11.7. The summed E-state index contributed by atoms with van der Waals surface area (Å²) in [5.74, 6) is -0.363. The predicted octanol–water partition coefficient (Wildman–Crippen LogP) is -1.61. The number of aliphatic hydroxyl groups excluding tert-OH is 2. The summed E-state index contributed by atoms with van der Waals surface area (Å²) in [7, 11) is 0. The number of aromatic nitrogens is 2. The van der Waals surface area contributed by atoms with Gasteiger partial charge in [0.25, 0.3) is 5.56 Å². The van der Waals surface area contributed by atoms with Crippen molar-refractivity contribution in [1.82, 2.24) is 9.55 Å². The van der Waals surface area contributed by atoms with Crippen molar-refractivity contribution in [2.24, 2.45) is 5.92 Å². The van der Waals surface area contributed by atoms with Gasteiger partial charge in [-0.2, -0.15) is 0 Å². The van der Waals surface area contributed by atoms with Gasteiger partial charge in [-0.15, -0.1) is 0 Å². The molecule has 0 spiro atoms. The number of aromatic amines is 1. The fourth-order valence-electron chi connectivity index (χ4n) is 2.26. The van der Waals surface area contributed by atoms with Gasteiger partial charge in [0.2, 0.25) is 0 Å². The van der Waals surface area contributed by atoms with E-state index in [-0.39, 0.29) is 31.8 Å². The number of nitrogens with one attached hydrogen (secondary N) is 1. The average Bonchev–Trinajstić information content (AvgIpc) is 2.76. The van der Waals surface area contributed by atoms with Gasteiger partial charge in [0.1, 0.15) is 0 Å². The third kappa shape index (κ3) is 2.12. The zero-order valence-corrected chi connectivity index (χ0v) is 10.00. The Morgan fingerprint density at radius 1 is 1.44 bits per heavy atom. The van der Waals surface area contributed by atoms with Crippen LogP contribution in [-0.2, 0) is 4.74 Å². The van der Waals surface area contributed by atoms with Crippen LogP contribution in [0.3, 0.4) is 0 Å². The lowest BCUT2D eigenvalue weighted by Gasteiger charge is -2.21. The quantitative estimate of drug-likeness (QED) is 0.603. The summed E-state index contributed by atoms with van der Waals surface area (Å²) < 4.78 is 6.69. The van der Waals surface area contributed by atoms with Crippen molar-refractivity contribution in [3.05, 3.63) is 32.6 Å². The van der Waals surface area contributed by atoms with E-state index in [1.54, 1.807) is 6.92 Å². The average molecular weight is 256 g/mol. The van der Waals surface area contributed by atoms with E-state index in [1.807, 2.05) is 0 Å². The normalized spacial score (nSPS) is 27.6. The van der Waals surface area contributed by atoms with Crippen molar-refractivity contribution in [3.63, 3.8) is 0 Å². The second-order valence-electron chi connectivity index (χ2n) is 4.45. The Morgan fingerprint density at radius 2 is 2.17 bits per heavy atom. The SMILES string of the molecule is Cc1cn([C@H]2CO[C@@H](CO)[C@@H]2CO)c(=O)[nH]c1=O. The van der Waals surface area contributed by atoms with Crippen molar-refractivity contribution in [1.29, 1.82) is 0 Å². The van der Waals surface area contributed by atoms with Crippen LogP contribution >= 0.6 is 0 Å². The molecule has 0 aliphatic carbocycles. The van der Waals surface area contributed by atoms with E-state index >= 15 is 0 Å². The molecule has 0 aromatic carbocycles. The topological polar surface area (TPSA) is 105 Å². The lowest BCUT2D eigenvalue weighted by atomic mass is 9.98. The molecule has 1 fully saturated rings. The van der Waals surface area contributed by atoms with E-state index < -0.39 is 17.4 Å². The molecule has 0 amide bonds. The summed E-state index contributed by atoms with van der Waals surface area (Å²) in [6.45, 7) is 1.42. The largest absolute Gasteiger partial charge is 0.396 e. The number of nitrogens with zero attached hydrogens (tertiary/aromatic N) is 1. The van der Waals surface area contributed by atoms with Crippen molar-refractivity contribution in [3.8, 4) is 0 Å². The first-order valence-corrected chi connectivity index (χ1v) is 5.74. The third-order valence-electron chi connectivity index (χ3n) is 3.35. The number of aliphatic hydroxyl groups is 2. The Bertz CT molecular complexity index is 535. The standard InChI is InChI=1S/C11H16N2O5/c1-6-2-13(11(17)12-10(6)16)8-5-18-9(4-15)7(8)3-14/h2,7-9,14-15H,3-5H2,1H3,(H,12,16,17)/t7-,8+,9+/m1/s1. The molecule has 2 rings (SSSR count). The number of aryl methyl sites for hydroxylation is 1. The van der Waals surface area contributed by atoms with Crippen LogP contribution in [0, 0.1) is 12.8 Å². The van der Waals surface area contributed by atoms with Crippen LogP contribution in [-0.4, -0.2) is 45.7 Å². The van der Waals surface area contributed by atoms with Gasteiger partial charge in [-0.25, -0.2) is 4.79 Å². The Balaban J connectivity index is 2.40. The first-order valence-electron chi connectivity index (χ1n) is 5.74. The van der Waals surface area contributed by atoms with Gasteiger partial charge in [-0.3, -0.25) is 14.3 Å². The zero-order chi connectivity index (χ0) is 13.3. The Labute approximate surface area is 103 Å². The van der Waals surface area contributed by atoms with Crippen LogP contribution in [0.4, 0.5) is 0 Å². The minimum Gasteiger partial charge on any atom is -0.396 e. The second-order valence-corrected chi connectivity index (χ2v) is 4.45. The van der Waals surface area contributed by atoms with Crippen LogP contribution < -0.4 is 11.2 Å². The molecule has 3 N–H and O–H groups in total. The fourth-order valence-corrected chi connectivity index (χ4v) is 2.26. The van der Waals surface area contributed by atoms with Gasteiger partial charge in [0.05, 0.1) is 32.0 Å². The predicted molar refractivity (Wildman–Crippen MR) is 62.5 cm³/mol. The molecule has 3 atom stereocenters. The highest BCUT2D eigenvalue weighted by Gasteiger charge is 2.38. The minimum absolute atomic E-state index is 0.194. The first-order chi connectivity index (χ1) is 8.58. The molecular weight excluding hydrogens is 240 g/mol. The van der Waals surface area contributed by atoms with Crippen LogP contribution in [0.25, 0.3) is 0 Å². The highest BCUT2D eigenvalue weighted by atomic mass is 16.5. The number of ether oxygens (including phenoxy) is 1. The molecule has 0 saturated carbocycles. The molecule has 1 aliphatic rings. The van der Waals surface area contributed by atoms with Crippen LogP contribution in [0.1, 0.15) is 11.6 Å². The molecule has 0 radical (unpaired) electrons. The van der Waals surface area contributed by atoms with Gasteiger partial charge in [-0.1, -0.05) is 0 Å². The molecule has 2 heterocycles. The van der Waals surface area contributed by atoms with E-state index in [0.717, 1.165) is 0 Å². The molecule has 1 aliphatic heterocycles. The van der Waals surface area contributed by atoms with Gasteiger partial charge >= 0.3 is 5.69 Å². The molecule has 0 unspecified atom stereocenters. The van der Waals surface area contributed by atoms with Crippen molar-refractivity contribution >= 4 is 0 Å². The van der Waals surface area contributed by atoms with E-state index in [0.29, 0.717) is 5.56 Å². The number of H-pyrrole nitrogens is 1. The van der Waals surface area contributed by atoms with E-state index in [2.05, 4.69) is 4.98 Å². The summed E-state index contributed by atoms with van der Waals surface area (Å²) >= 11 is 0. The van der Waals surface area contributed by atoms with Crippen LogP contribution in [0.15, 0.2) is 15.8 Å². The molecule has 0 bridgehead atoms. The smallest absolute Gasteiger partial charge is 0.328 e. The van der Waals surface area contributed by atoms with Crippen molar-refractivity contribution in [2.45, 2.75) is 19.1 Å². The molecular formula is C11H16N2O5. The van der Waals surface area contributed by atoms with E-state index in [4.69, 9.17) is 9.84 Å². The van der Waals surface area contributed by atoms with Gasteiger partial charge in [0.15, 0.2) is 0 Å². The lowest BCUT2D eigenvalue weighted by Crippen LogP contribution is -2.37. The number of hydrogen-bond donors (Lipinski definition) is 3. The number of rotatable bonds is 3. The molecule has 18 heavy (non-hydrogen) atoms. The van der Waals surface area contributed by atoms with E-state index in [1.165, 1.54) is 10.8 Å². The van der Waals surface area contributed by atoms with E-state index in [9.17, 15) is 14.7 Å². The van der Waals surface area contributed by atoms with Crippen molar-refractivity contribution < 1.29 is 14.9 Å². The monoisotopic (exact) mass is 256 g/mol. The molecule has 7 nitrogen and oxygen atoms in total. The third-order valence-corrected chi connectivity index (χ3v) is 3.35.